The fourth-order valence-electron chi connectivity index (χ4n) is 1.75. The van der Waals surface area contributed by atoms with Crippen molar-refractivity contribution in [2.24, 2.45) is 0 Å². The average molecular weight is 409 g/mol. The maximum atomic E-state index is 11.5. The zero-order valence-electron chi connectivity index (χ0n) is 15.3. The monoisotopic (exact) mass is 408 g/mol. The third-order valence-corrected chi connectivity index (χ3v) is 5.53. The Bertz CT molecular complexity index is 408. The molecule has 0 spiro atoms. The van der Waals surface area contributed by atoms with Crippen molar-refractivity contribution >= 4 is 45.3 Å². The van der Waals surface area contributed by atoms with Gasteiger partial charge in [-0.15, -0.1) is 0 Å². The number of esters is 2. The van der Waals surface area contributed by atoms with Crippen LogP contribution in [0.4, 0.5) is 0 Å². The highest BCUT2D eigenvalue weighted by molar-refractivity contribution is 8.76. The molecule has 0 heterocycles. The number of hydrogen-bond donors (Lipinski definition) is 2. The van der Waals surface area contributed by atoms with Crippen molar-refractivity contribution in [2.45, 2.75) is 38.5 Å². The molecule has 0 saturated heterocycles. The van der Waals surface area contributed by atoms with Crippen molar-refractivity contribution in [3.63, 3.8) is 0 Å². The van der Waals surface area contributed by atoms with Crippen molar-refractivity contribution in [1.82, 2.24) is 10.6 Å². The molecular weight excluding hydrogens is 380 g/mol. The number of carbonyl (C=O) groups excluding carboxylic acids is 4. The summed E-state index contributed by atoms with van der Waals surface area (Å²) >= 11 is 0. The lowest BCUT2D eigenvalue weighted by Crippen LogP contribution is -2.26. The van der Waals surface area contributed by atoms with Crippen LogP contribution in [-0.2, 0) is 28.7 Å². The predicted octanol–water partition coefficient (Wildman–Crippen LogP) is 1.29. The number of nitrogens with one attached hydrogen (secondary N) is 2. The zero-order valence-corrected chi connectivity index (χ0v) is 17.0. The fraction of sp³-hybridized carbons (Fsp3) is 0.750. The van der Waals surface area contributed by atoms with Gasteiger partial charge in [0.05, 0.1) is 14.2 Å². The van der Waals surface area contributed by atoms with E-state index >= 15 is 0 Å². The van der Waals surface area contributed by atoms with Crippen LogP contribution in [0.2, 0.25) is 0 Å². The summed E-state index contributed by atoms with van der Waals surface area (Å²) in [5.41, 5.74) is 0. The van der Waals surface area contributed by atoms with Crippen molar-refractivity contribution < 1.29 is 28.7 Å². The minimum absolute atomic E-state index is 0.0706. The second-order valence-corrected chi connectivity index (χ2v) is 7.91. The van der Waals surface area contributed by atoms with E-state index in [-0.39, 0.29) is 36.6 Å². The molecule has 0 fully saturated rings. The number of hydrogen-bond acceptors (Lipinski definition) is 8. The molecule has 0 aromatic heterocycles. The van der Waals surface area contributed by atoms with Gasteiger partial charge in [0, 0.05) is 50.3 Å². The average Bonchev–Trinajstić information content (AvgIpc) is 2.63. The Hall–Kier alpha value is -1.42. The number of amides is 2. The summed E-state index contributed by atoms with van der Waals surface area (Å²) in [6.07, 6.45) is 2.11. The van der Waals surface area contributed by atoms with Gasteiger partial charge >= 0.3 is 11.9 Å². The van der Waals surface area contributed by atoms with Crippen molar-refractivity contribution in [1.29, 1.82) is 0 Å². The summed E-state index contributed by atoms with van der Waals surface area (Å²) in [5.74, 6) is 0.777. The highest BCUT2D eigenvalue weighted by Crippen LogP contribution is 2.19. The van der Waals surface area contributed by atoms with Crippen molar-refractivity contribution in [2.75, 3.05) is 38.8 Å². The summed E-state index contributed by atoms with van der Waals surface area (Å²) in [5, 5.41) is 5.58. The van der Waals surface area contributed by atoms with Crippen LogP contribution in [-0.4, -0.2) is 62.6 Å². The van der Waals surface area contributed by atoms with Crippen molar-refractivity contribution in [3.05, 3.63) is 0 Å². The lowest BCUT2D eigenvalue weighted by Gasteiger charge is -2.06. The van der Waals surface area contributed by atoms with Gasteiger partial charge in [-0.1, -0.05) is 21.6 Å². The predicted molar refractivity (Wildman–Crippen MR) is 103 cm³/mol. The molecule has 8 nitrogen and oxygen atoms in total. The molecule has 150 valence electrons. The Labute approximate surface area is 162 Å². The second kappa shape index (κ2) is 17.0. The summed E-state index contributed by atoms with van der Waals surface area (Å²) in [6.45, 7) is 1.13. The molecule has 10 heteroatoms. The molecular formula is C16H28N2O6S2. The van der Waals surface area contributed by atoms with Crippen LogP contribution in [0.5, 0.6) is 0 Å². The first-order valence-corrected chi connectivity index (χ1v) is 10.9. The normalized spacial score (nSPS) is 10.1. The Morgan fingerprint density at radius 1 is 0.692 bits per heavy atom. The molecule has 0 aliphatic heterocycles. The van der Waals surface area contributed by atoms with E-state index < -0.39 is 0 Å². The summed E-state index contributed by atoms with van der Waals surface area (Å²) in [7, 11) is 5.89. The van der Waals surface area contributed by atoms with Gasteiger partial charge < -0.3 is 20.1 Å². The van der Waals surface area contributed by atoms with Crippen LogP contribution in [0.15, 0.2) is 0 Å². The quantitative estimate of drug-likeness (QED) is 0.237. The summed E-state index contributed by atoms with van der Waals surface area (Å²) in [6, 6.07) is 0. The van der Waals surface area contributed by atoms with Gasteiger partial charge in [-0.3, -0.25) is 19.2 Å². The fourth-order valence-corrected chi connectivity index (χ4v) is 3.56. The van der Waals surface area contributed by atoms with Gasteiger partial charge in [0.2, 0.25) is 11.8 Å². The third-order valence-electron chi connectivity index (χ3n) is 3.12. The van der Waals surface area contributed by atoms with E-state index in [9.17, 15) is 19.2 Å². The van der Waals surface area contributed by atoms with Crippen LogP contribution in [0, 0.1) is 0 Å². The minimum atomic E-state index is -0.305. The van der Waals surface area contributed by atoms with Gasteiger partial charge in [0.1, 0.15) is 0 Å². The second-order valence-electron chi connectivity index (χ2n) is 5.20. The van der Waals surface area contributed by atoms with E-state index in [0.29, 0.717) is 38.8 Å². The molecule has 0 unspecified atom stereocenters. The standard InChI is InChI=1S/C16H28N2O6S2/c1-23-15(21)7-3-5-13(19)17-9-11-25-26-12-10-18-14(20)6-4-8-16(22)24-2/h3-12H2,1-2H3,(H,17,19)(H,18,20). The lowest BCUT2D eigenvalue weighted by atomic mass is 10.2. The van der Waals surface area contributed by atoms with Gasteiger partial charge in [-0.05, 0) is 12.8 Å². The highest BCUT2D eigenvalue weighted by Gasteiger charge is 2.05. The number of ether oxygens (including phenoxy) is 2. The maximum absolute atomic E-state index is 11.5. The molecule has 0 atom stereocenters. The molecule has 0 bridgehead atoms. The molecule has 2 amide bonds. The Morgan fingerprint density at radius 2 is 1.08 bits per heavy atom. The zero-order chi connectivity index (χ0) is 19.6. The smallest absolute Gasteiger partial charge is 0.305 e. The third kappa shape index (κ3) is 16.1. The first kappa shape index (κ1) is 24.6. The minimum Gasteiger partial charge on any atom is -0.469 e. The number of carbonyl (C=O) groups is 4. The first-order chi connectivity index (χ1) is 12.5. The summed E-state index contributed by atoms with van der Waals surface area (Å²) in [4.78, 5) is 44.8. The first-order valence-electron chi connectivity index (χ1n) is 8.41. The highest BCUT2D eigenvalue weighted by atomic mass is 33.1. The van der Waals surface area contributed by atoms with Crippen molar-refractivity contribution in [3.8, 4) is 0 Å². The lowest BCUT2D eigenvalue weighted by molar-refractivity contribution is -0.141. The molecule has 0 saturated carbocycles. The Balaban J connectivity index is 3.37. The number of methoxy groups -OCH3 is 2. The van der Waals surface area contributed by atoms with Gasteiger partial charge in [0.15, 0.2) is 0 Å². The van der Waals surface area contributed by atoms with E-state index in [2.05, 4.69) is 20.1 Å². The molecule has 0 aliphatic rings. The van der Waals surface area contributed by atoms with Crippen LogP contribution in [0.25, 0.3) is 0 Å². The van der Waals surface area contributed by atoms with E-state index in [1.807, 2.05) is 0 Å². The molecule has 0 aromatic rings. The molecule has 2 N–H and O–H groups in total. The topological polar surface area (TPSA) is 111 Å². The van der Waals surface area contributed by atoms with E-state index in [1.54, 1.807) is 21.6 Å². The summed E-state index contributed by atoms with van der Waals surface area (Å²) < 4.78 is 9.01. The largest absolute Gasteiger partial charge is 0.469 e. The van der Waals surface area contributed by atoms with Gasteiger partial charge in [-0.25, -0.2) is 0 Å². The SMILES string of the molecule is COC(=O)CCCC(=O)NCCSSCCNC(=O)CCCC(=O)OC. The van der Waals surface area contributed by atoms with Gasteiger partial charge in [0.25, 0.3) is 0 Å². The Morgan fingerprint density at radius 3 is 1.42 bits per heavy atom. The van der Waals surface area contributed by atoms with Crippen LogP contribution >= 0.6 is 21.6 Å². The van der Waals surface area contributed by atoms with E-state index in [4.69, 9.17) is 0 Å². The van der Waals surface area contributed by atoms with E-state index in [0.717, 1.165) is 11.5 Å². The number of rotatable bonds is 15. The Kier molecular flexibility index (Phi) is 16.1. The van der Waals surface area contributed by atoms with Crippen LogP contribution in [0.1, 0.15) is 38.5 Å². The molecule has 0 rings (SSSR count). The molecule has 0 aromatic carbocycles. The van der Waals surface area contributed by atoms with Crippen LogP contribution < -0.4 is 10.6 Å². The van der Waals surface area contributed by atoms with Crippen LogP contribution in [0.3, 0.4) is 0 Å². The molecule has 26 heavy (non-hydrogen) atoms. The maximum Gasteiger partial charge on any atom is 0.305 e. The molecule has 0 radical (unpaired) electrons. The molecule has 0 aliphatic carbocycles. The van der Waals surface area contributed by atoms with E-state index in [1.165, 1.54) is 14.2 Å². The van der Waals surface area contributed by atoms with Gasteiger partial charge in [-0.2, -0.15) is 0 Å².